The van der Waals surface area contributed by atoms with E-state index in [1.54, 1.807) is 0 Å². The Labute approximate surface area is 137 Å². The molecule has 1 aromatic rings. The molecule has 0 radical (unpaired) electrons. The van der Waals surface area contributed by atoms with Crippen LogP contribution in [0.25, 0.3) is 0 Å². The van der Waals surface area contributed by atoms with Crippen LogP contribution in [0.2, 0.25) is 0 Å². The molecule has 114 valence electrons. The monoisotopic (exact) mass is 360 g/mol. The number of halogens is 2. The first kappa shape index (κ1) is 18.0. The fourth-order valence-corrected chi connectivity index (χ4v) is 3.01. The highest BCUT2D eigenvalue weighted by atomic mass is 79.9. The van der Waals surface area contributed by atoms with Crippen LogP contribution in [0.15, 0.2) is 22.7 Å². The van der Waals surface area contributed by atoms with Gasteiger partial charge in [-0.2, -0.15) is 0 Å². The van der Waals surface area contributed by atoms with Gasteiger partial charge in [-0.15, -0.1) is 12.4 Å². The molecule has 1 aliphatic rings. The SMILES string of the molecule is CCNCC1CCN(Cc2ccc(Br)c(C)c2)CC1.Cl. The Morgan fingerprint density at radius 3 is 2.60 bits per heavy atom. The molecule has 0 bridgehead atoms. The molecule has 1 aliphatic heterocycles. The molecular formula is C16H26BrClN2. The summed E-state index contributed by atoms with van der Waals surface area (Å²) in [5.74, 6) is 0.878. The smallest absolute Gasteiger partial charge is 0.0233 e. The van der Waals surface area contributed by atoms with Crippen molar-refractivity contribution in [2.75, 3.05) is 26.2 Å². The van der Waals surface area contributed by atoms with Gasteiger partial charge >= 0.3 is 0 Å². The molecule has 20 heavy (non-hydrogen) atoms. The summed E-state index contributed by atoms with van der Waals surface area (Å²) >= 11 is 3.57. The Hall–Kier alpha value is -0.0900. The van der Waals surface area contributed by atoms with E-state index in [1.165, 1.54) is 48.1 Å². The van der Waals surface area contributed by atoms with Crippen molar-refractivity contribution in [2.24, 2.45) is 5.92 Å². The minimum atomic E-state index is 0. The zero-order valence-corrected chi connectivity index (χ0v) is 14.9. The lowest BCUT2D eigenvalue weighted by molar-refractivity contribution is 0.176. The van der Waals surface area contributed by atoms with Gasteiger partial charge in [-0.25, -0.2) is 0 Å². The second-order valence-corrected chi connectivity index (χ2v) is 6.47. The number of hydrogen-bond acceptors (Lipinski definition) is 2. The Kier molecular flexibility index (Phi) is 8.11. The topological polar surface area (TPSA) is 15.3 Å². The minimum absolute atomic E-state index is 0. The number of likely N-dealkylation sites (tertiary alicyclic amines) is 1. The predicted octanol–water partition coefficient (Wildman–Crippen LogP) is 4.00. The van der Waals surface area contributed by atoms with Gasteiger partial charge in [0.2, 0.25) is 0 Å². The van der Waals surface area contributed by atoms with Gasteiger partial charge in [-0.3, -0.25) is 4.90 Å². The standard InChI is InChI=1S/C16H25BrN2.ClH/c1-3-18-11-14-6-8-19(9-7-14)12-15-4-5-16(17)13(2)10-15;/h4-5,10,14,18H,3,6-9,11-12H2,1-2H3;1H. The largest absolute Gasteiger partial charge is 0.317 e. The summed E-state index contributed by atoms with van der Waals surface area (Å²) in [5, 5.41) is 3.47. The summed E-state index contributed by atoms with van der Waals surface area (Å²) in [6, 6.07) is 6.71. The lowest BCUT2D eigenvalue weighted by atomic mass is 9.96. The van der Waals surface area contributed by atoms with Crippen LogP contribution >= 0.6 is 28.3 Å². The number of rotatable bonds is 5. The summed E-state index contributed by atoms with van der Waals surface area (Å²) in [7, 11) is 0. The summed E-state index contributed by atoms with van der Waals surface area (Å²) in [5.41, 5.74) is 2.77. The molecule has 0 aromatic heterocycles. The van der Waals surface area contributed by atoms with Gasteiger partial charge in [-0.1, -0.05) is 35.0 Å². The van der Waals surface area contributed by atoms with Gasteiger partial charge in [-0.05, 0) is 69.1 Å². The molecule has 1 aromatic carbocycles. The molecule has 1 saturated heterocycles. The van der Waals surface area contributed by atoms with E-state index in [0.717, 1.165) is 19.0 Å². The van der Waals surface area contributed by atoms with Gasteiger partial charge in [0, 0.05) is 11.0 Å². The molecule has 0 spiro atoms. The first-order chi connectivity index (χ1) is 9.19. The molecule has 4 heteroatoms. The van der Waals surface area contributed by atoms with Crippen LogP contribution in [0, 0.1) is 12.8 Å². The summed E-state index contributed by atoms with van der Waals surface area (Å²) in [6.07, 6.45) is 2.67. The molecule has 2 nitrogen and oxygen atoms in total. The number of hydrogen-bond donors (Lipinski definition) is 1. The van der Waals surface area contributed by atoms with E-state index < -0.39 is 0 Å². The fourth-order valence-electron chi connectivity index (χ4n) is 2.76. The van der Waals surface area contributed by atoms with E-state index in [1.807, 2.05) is 0 Å². The van der Waals surface area contributed by atoms with Crippen molar-refractivity contribution < 1.29 is 0 Å². The van der Waals surface area contributed by atoms with E-state index in [4.69, 9.17) is 0 Å². The maximum atomic E-state index is 3.57. The number of nitrogens with one attached hydrogen (secondary N) is 1. The quantitative estimate of drug-likeness (QED) is 0.852. The van der Waals surface area contributed by atoms with Crippen LogP contribution in [-0.4, -0.2) is 31.1 Å². The average Bonchev–Trinajstić information content (AvgIpc) is 2.42. The Morgan fingerprint density at radius 2 is 2.00 bits per heavy atom. The first-order valence-electron chi connectivity index (χ1n) is 7.37. The van der Waals surface area contributed by atoms with Gasteiger partial charge in [0.05, 0.1) is 0 Å². The second-order valence-electron chi connectivity index (χ2n) is 5.61. The van der Waals surface area contributed by atoms with Crippen LogP contribution in [-0.2, 0) is 6.54 Å². The Balaban J connectivity index is 0.00000200. The van der Waals surface area contributed by atoms with E-state index in [2.05, 4.69) is 58.2 Å². The van der Waals surface area contributed by atoms with Crippen LogP contribution in [0.1, 0.15) is 30.9 Å². The van der Waals surface area contributed by atoms with E-state index in [0.29, 0.717) is 0 Å². The highest BCUT2D eigenvalue weighted by Crippen LogP contribution is 2.21. The summed E-state index contributed by atoms with van der Waals surface area (Å²) < 4.78 is 1.21. The molecule has 0 aliphatic carbocycles. The molecular weight excluding hydrogens is 336 g/mol. The maximum Gasteiger partial charge on any atom is 0.0233 e. The molecule has 2 rings (SSSR count). The van der Waals surface area contributed by atoms with E-state index in [-0.39, 0.29) is 12.4 Å². The van der Waals surface area contributed by atoms with Crippen LogP contribution in [0.4, 0.5) is 0 Å². The zero-order valence-electron chi connectivity index (χ0n) is 12.5. The van der Waals surface area contributed by atoms with Gasteiger partial charge in [0.1, 0.15) is 0 Å². The van der Waals surface area contributed by atoms with Crippen molar-refractivity contribution in [3.8, 4) is 0 Å². The van der Waals surface area contributed by atoms with Crippen molar-refractivity contribution in [2.45, 2.75) is 33.2 Å². The second kappa shape index (κ2) is 9.04. The van der Waals surface area contributed by atoms with Crippen molar-refractivity contribution >= 4 is 28.3 Å². The van der Waals surface area contributed by atoms with Gasteiger partial charge in [0.15, 0.2) is 0 Å². The highest BCUT2D eigenvalue weighted by molar-refractivity contribution is 9.10. The van der Waals surface area contributed by atoms with E-state index in [9.17, 15) is 0 Å². The number of aryl methyl sites for hydroxylation is 1. The van der Waals surface area contributed by atoms with Gasteiger partial charge < -0.3 is 5.32 Å². The first-order valence-corrected chi connectivity index (χ1v) is 8.16. The molecule has 1 N–H and O–H groups in total. The highest BCUT2D eigenvalue weighted by Gasteiger charge is 2.18. The van der Waals surface area contributed by atoms with Crippen molar-refractivity contribution in [3.63, 3.8) is 0 Å². The van der Waals surface area contributed by atoms with Gasteiger partial charge in [0.25, 0.3) is 0 Å². The number of piperidine rings is 1. The predicted molar refractivity (Wildman–Crippen MR) is 92.7 cm³/mol. The Morgan fingerprint density at radius 1 is 1.30 bits per heavy atom. The Bertz CT molecular complexity index is 403. The van der Waals surface area contributed by atoms with Crippen LogP contribution < -0.4 is 5.32 Å². The molecule has 0 atom stereocenters. The molecule has 0 amide bonds. The molecule has 0 unspecified atom stereocenters. The maximum absolute atomic E-state index is 3.57. The number of nitrogens with zero attached hydrogens (tertiary/aromatic N) is 1. The average molecular weight is 362 g/mol. The minimum Gasteiger partial charge on any atom is -0.317 e. The third-order valence-corrected chi connectivity index (χ3v) is 4.91. The lowest BCUT2D eigenvalue weighted by Crippen LogP contribution is -2.36. The van der Waals surface area contributed by atoms with Crippen molar-refractivity contribution in [1.82, 2.24) is 10.2 Å². The molecule has 1 fully saturated rings. The lowest BCUT2D eigenvalue weighted by Gasteiger charge is -2.32. The van der Waals surface area contributed by atoms with Crippen LogP contribution in [0.5, 0.6) is 0 Å². The third kappa shape index (κ3) is 5.36. The third-order valence-electron chi connectivity index (χ3n) is 4.02. The van der Waals surface area contributed by atoms with Crippen molar-refractivity contribution in [3.05, 3.63) is 33.8 Å². The summed E-state index contributed by atoms with van der Waals surface area (Å²) in [4.78, 5) is 2.59. The molecule has 1 heterocycles. The summed E-state index contributed by atoms with van der Waals surface area (Å²) in [6.45, 7) is 10.2. The van der Waals surface area contributed by atoms with Crippen molar-refractivity contribution in [1.29, 1.82) is 0 Å². The van der Waals surface area contributed by atoms with Crippen LogP contribution in [0.3, 0.4) is 0 Å². The molecule has 0 saturated carbocycles. The zero-order chi connectivity index (χ0) is 13.7. The number of benzene rings is 1. The fraction of sp³-hybridized carbons (Fsp3) is 0.625. The normalized spacial score (nSPS) is 16.9. The van der Waals surface area contributed by atoms with E-state index >= 15 is 0 Å².